The molecule has 2 amide bonds. The Kier molecular flexibility index (Phi) is 4.62. The molecule has 106 valence electrons. The van der Waals surface area contributed by atoms with Crippen molar-refractivity contribution < 1.29 is 14.3 Å². The first kappa shape index (κ1) is 14.4. The van der Waals surface area contributed by atoms with Crippen molar-refractivity contribution in [3.63, 3.8) is 0 Å². The maximum Gasteiger partial charge on any atom is 0.262 e. The van der Waals surface area contributed by atoms with E-state index in [1.807, 2.05) is 13.0 Å². The molecule has 6 nitrogen and oxygen atoms in total. The summed E-state index contributed by atoms with van der Waals surface area (Å²) in [5.74, 6) is -0.0295. The Hall–Kier alpha value is -2.02. The van der Waals surface area contributed by atoms with E-state index in [2.05, 4.69) is 10.3 Å². The number of aliphatic imine (C=N–C) groups is 1. The summed E-state index contributed by atoms with van der Waals surface area (Å²) >= 11 is 1.11. The van der Waals surface area contributed by atoms with Crippen molar-refractivity contribution in [3.8, 4) is 5.75 Å². The third-order valence-corrected chi connectivity index (χ3v) is 3.58. The van der Waals surface area contributed by atoms with Gasteiger partial charge >= 0.3 is 0 Å². The maximum atomic E-state index is 12.0. The van der Waals surface area contributed by atoms with E-state index >= 15 is 0 Å². The fraction of sp³-hybridized carbons (Fsp3) is 0.308. The van der Waals surface area contributed by atoms with Crippen molar-refractivity contribution in [1.29, 1.82) is 0 Å². The van der Waals surface area contributed by atoms with Crippen LogP contribution in [0.1, 0.15) is 13.3 Å². The lowest BCUT2D eigenvalue weighted by molar-refractivity contribution is -0.121. The van der Waals surface area contributed by atoms with Crippen LogP contribution >= 0.6 is 11.8 Å². The molecule has 0 fully saturated rings. The topological polar surface area (TPSA) is 93.8 Å². The SMILES string of the molecule is CCOc1ccccc1NC(=O)C[C@H]1SC(N)=NC1=O. The molecular formula is C13H15N3O3S. The van der Waals surface area contributed by atoms with Crippen LogP contribution in [0.15, 0.2) is 29.3 Å². The molecule has 1 aromatic rings. The predicted octanol–water partition coefficient (Wildman–Crippen LogP) is 1.37. The number of carbonyl (C=O) groups excluding carboxylic acids is 2. The summed E-state index contributed by atoms with van der Waals surface area (Å²) in [5, 5.41) is 2.41. The number of nitrogens with zero attached hydrogens (tertiary/aromatic N) is 1. The van der Waals surface area contributed by atoms with Crippen LogP contribution in [-0.2, 0) is 9.59 Å². The highest BCUT2D eigenvalue weighted by Gasteiger charge is 2.29. The van der Waals surface area contributed by atoms with Gasteiger partial charge in [0.25, 0.3) is 5.91 Å². The number of para-hydroxylation sites is 2. The number of benzene rings is 1. The van der Waals surface area contributed by atoms with Crippen LogP contribution in [0.5, 0.6) is 5.75 Å². The van der Waals surface area contributed by atoms with Crippen LogP contribution in [0.4, 0.5) is 5.69 Å². The Morgan fingerprint density at radius 1 is 1.50 bits per heavy atom. The number of hydrogen-bond acceptors (Lipinski definition) is 5. The zero-order valence-electron chi connectivity index (χ0n) is 11.0. The summed E-state index contributed by atoms with van der Waals surface area (Å²) in [6.45, 7) is 2.38. The van der Waals surface area contributed by atoms with Crippen molar-refractivity contribution in [2.24, 2.45) is 10.7 Å². The van der Waals surface area contributed by atoms with Crippen molar-refractivity contribution in [1.82, 2.24) is 0 Å². The molecule has 1 heterocycles. The van der Waals surface area contributed by atoms with E-state index in [9.17, 15) is 9.59 Å². The van der Waals surface area contributed by atoms with Gasteiger partial charge < -0.3 is 15.8 Å². The first-order valence-electron chi connectivity index (χ1n) is 6.16. The summed E-state index contributed by atoms with van der Waals surface area (Å²) in [7, 11) is 0. The molecule has 3 N–H and O–H groups in total. The first-order chi connectivity index (χ1) is 9.60. The molecule has 1 aliphatic rings. The van der Waals surface area contributed by atoms with E-state index in [-0.39, 0.29) is 23.4 Å². The largest absolute Gasteiger partial charge is 0.492 e. The third-order valence-electron chi connectivity index (χ3n) is 2.59. The Balaban J connectivity index is 1.97. The van der Waals surface area contributed by atoms with Gasteiger partial charge in [0.05, 0.1) is 12.3 Å². The highest BCUT2D eigenvalue weighted by molar-refractivity contribution is 8.15. The minimum absolute atomic E-state index is 0.0359. The minimum Gasteiger partial charge on any atom is -0.492 e. The summed E-state index contributed by atoms with van der Waals surface area (Å²) in [4.78, 5) is 27.0. The summed E-state index contributed by atoms with van der Waals surface area (Å²) in [5.41, 5.74) is 6.03. The molecule has 20 heavy (non-hydrogen) atoms. The summed E-state index contributed by atoms with van der Waals surface area (Å²) in [6.07, 6.45) is 0.0359. The molecule has 1 aromatic carbocycles. The number of anilines is 1. The monoisotopic (exact) mass is 293 g/mol. The fourth-order valence-electron chi connectivity index (χ4n) is 1.75. The molecule has 0 saturated carbocycles. The molecule has 0 spiro atoms. The van der Waals surface area contributed by atoms with Crippen LogP contribution in [0.25, 0.3) is 0 Å². The van der Waals surface area contributed by atoms with Crippen LogP contribution < -0.4 is 15.8 Å². The number of thioether (sulfide) groups is 1. The lowest BCUT2D eigenvalue weighted by atomic mass is 10.2. The molecule has 2 rings (SSSR count). The maximum absolute atomic E-state index is 12.0. The van der Waals surface area contributed by atoms with Crippen molar-refractivity contribution in [2.75, 3.05) is 11.9 Å². The van der Waals surface area contributed by atoms with E-state index in [1.165, 1.54) is 0 Å². The Bertz CT molecular complexity index is 560. The Labute approximate surface area is 120 Å². The van der Waals surface area contributed by atoms with E-state index in [1.54, 1.807) is 18.2 Å². The lowest BCUT2D eigenvalue weighted by Gasteiger charge is -2.12. The highest BCUT2D eigenvalue weighted by Crippen LogP contribution is 2.26. The van der Waals surface area contributed by atoms with Crippen molar-refractivity contribution in [2.45, 2.75) is 18.6 Å². The average molecular weight is 293 g/mol. The minimum atomic E-state index is -0.533. The third kappa shape index (κ3) is 3.51. The molecule has 0 saturated heterocycles. The zero-order chi connectivity index (χ0) is 14.5. The van der Waals surface area contributed by atoms with Crippen molar-refractivity contribution in [3.05, 3.63) is 24.3 Å². The van der Waals surface area contributed by atoms with Gasteiger partial charge in [-0.05, 0) is 19.1 Å². The van der Waals surface area contributed by atoms with Crippen LogP contribution in [0, 0.1) is 0 Å². The number of ether oxygens (including phenoxy) is 1. The molecule has 0 radical (unpaired) electrons. The van der Waals surface area contributed by atoms with Gasteiger partial charge in [-0.15, -0.1) is 0 Å². The second-order valence-corrected chi connectivity index (χ2v) is 5.30. The zero-order valence-corrected chi connectivity index (χ0v) is 11.8. The van der Waals surface area contributed by atoms with E-state index in [0.717, 1.165) is 11.8 Å². The molecule has 1 aliphatic heterocycles. The Morgan fingerprint density at radius 2 is 2.25 bits per heavy atom. The van der Waals surface area contributed by atoms with E-state index in [0.29, 0.717) is 18.0 Å². The van der Waals surface area contributed by atoms with E-state index in [4.69, 9.17) is 10.5 Å². The number of hydrogen-bond donors (Lipinski definition) is 2. The number of nitrogens with one attached hydrogen (secondary N) is 1. The quantitative estimate of drug-likeness (QED) is 0.855. The van der Waals surface area contributed by atoms with Crippen LogP contribution in [-0.4, -0.2) is 28.8 Å². The van der Waals surface area contributed by atoms with Gasteiger partial charge in [0, 0.05) is 6.42 Å². The molecule has 0 bridgehead atoms. The first-order valence-corrected chi connectivity index (χ1v) is 7.04. The lowest BCUT2D eigenvalue weighted by Crippen LogP contribution is -2.22. The van der Waals surface area contributed by atoms with Crippen LogP contribution in [0.3, 0.4) is 0 Å². The molecule has 0 unspecified atom stereocenters. The Morgan fingerprint density at radius 3 is 2.90 bits per heavy atom. The van der Waals surface area contributed by atoms with Gasteiger partial charge in [-0.3, -0.25) is 9.59 Å². The summed E-state index contributed by atoms with van der Waals surface area (Å²) < 4.78 is 5.42. The summed E-state index contributed by atoms with van der Waals surface area (Å²) in [6, 6.07) is 7.15. The number of rotatable bonds is 5. The van der Waals surface area contributed by atoms with Gasteiger partial charge in [-0.25, -0.2) is 0 Å². The standard InChI is InChI=1S/C13H15N3O3S/c1-2-19-9-6-4-3-5-8(9)15-11(17)7-10-12(18)16-13(14)20-10/h3-6,10H,2,7H2,1H3,(H,15,17)(H2,14,16,18)/t10-/m1/s1. The number of carbonyl (C=O) groups is 2. The molecule has 7 heteroatoms. The van der Waals surface area contributed by atoms with Gasteiger partial charge in [-0.2, -0.15) is 4.99 Å². The smallest absolute Gasteiger partial charge is 0.262 e. The van der Waals surface area contributed by atoms with Gasteiger partial charge in [0.1, 0.15) is 11.0 Å². The average Bonchev–Trinajstić information content (AvgIpc) is 2.70. The molecular weight excluding hydrogens is 278 g/mol. The van der Waals surface area contributed by atoms with Gasteiger partial charge in [-0.1, -0.05) is 23.9 Å². The second kappa shape index (κ2) is 6.42. The number of amides is 2. The van der Waals surface area contributed by atoms with Gasteiger partial charge in [0.2, 0.25) is 5.91 Å². The normalized spacial score (nSPS) is 17.8. The predicted molar refractivity (Wildman–Crippen MR) is 78.9 cm³/mol. The molecule has 1 atom stereocenters. The fourth-order valence-corrected chi connectivity index (χ4v) is 2.58. The number of nitrogens with two attached hydrogens (primary N) is 1. The molecule has 0 aromatic heterocycles. The second-order valence-electron chi connectivity index (χ2n) is 4.08. The molecule has 0 aliphatic carbocycles. The highest BCUT2D eigenvalue weighted by atomic mass is 32.2. The van der Waals surface area contributed by atoms with Crippen molar-refractivity contribution >= 4 is 34.4 Å². The van der Waals surface area contributed by atoms with Crippen LogP contribution in [0.2, 0.25) is 0 Å². The van der Waals surface area contributed by atoms with E-state index < -0.39 is 5.25 Å². The van der Waals surface area contributed by atoms with Gasteiger partial charge in [0.15, 0.2) is 5.17 Å². The number of amidine groups is 1.